The summed E-state index contributed by atoms with van der Waals surface area (Å²) in [5.41, 5.74) is 0. The first-order chi connectivity index (χ1) is 4.43. The normalized spacial score (nSPS) is 29.1. The lowest BCUT2D eigenvalue weighted by molar-refractivity contribution is 0.549. The maximum absolute atomic E-state index is 10.1. The van der Waals surface area contributed by atoms with Crippen LogP contribution in [0.3, 0.4) is 0 Å². The van der Waals surface area contributed by atoms with Crippen LogP contribution in [0.25, 0.3) is 0 Å². The van der Waals surface area contributed by atoms with Gasteiger partial charge in [0.25, 0.3) is 0 Å². The number of hydrogen-bond acceptors (Lipinski definition) is 3. The molecule has 0 aromatic heterocycles. The van der Waals surface area contributed by atoms with Gasteiger partial charge >= 0.3 is 0 Å². The van der Waals surface area contributed by atoms with E-state index in [1.807, 2.05) is 6.29 Å². The number of nitrogens with one attached hydrogen (secondary N) is 1. The summed E-state index contributed by atoms with van der Waals surface area (Å²) >= 11 is 1.70. The molecule has 1 heterocycles. The summed E-state index contributed by atoms with van der Waals surface area (Å²) in [6, 6.07) is 0. The average molecular weight is 144 g/mol. The highest BCUT2D eigenvalue weighted by Crippen LogP contribution is 2.12. The third-order valence-corrected chi connectivity index (χ3v) is 2.49. The van der Waals surface area contributed by atoms with E-state index in [4.69, 9.17) is 0 Å². The topological polar surface area (TPSA) is 29.1 Å². The number of hydrogen-bond donors (Lipinski definition) is 1. The standard InChI is InChI=1S/C6H10NOS/c8-5-6-1-2-7-3-4-9-6/h6-7H,1-4H2. The van der Waals surface area contributed by atoms with Gasteiger partial charge in [-0.3, -0.25) is 4.79 Å². The third-order valence-electron chi connectivity index (χ3n) is 1.31. The fourth-order valence-electron chi connectivity index (χ4n) is 0.808. The summed E-state index contributed by atoms with van der Waals surface area (Å²) in [5.74, 6) is 1.04. The molecule has 0 aliphatic carbocycles. The van der Waals surface area contributed by atoms with Crippen LogP contribution in [-0.2, 0) is 4.79 Å². The van der Waals surface area contributed by atoms with E-state index in [0.717, 1.165) is 25.3 Å². The molecule has 1 atom stereocenters. The summed E-state index contributed by atoms with van der Waals surface area (Å²) in [6.07, 6.45) is 2.96. The highest BCUT2D eigenvalue weighted by molar-refractivity contribution is 8.00. The van der Waals surface area contributed by atoms with E-state index in [1.165, 1.54) is 0 Å². The number of thioether (sulfide) groups is 1. The van der Waals surface area contributed by atoms with E-state index < -0.39 is 0 Å². The fourth-order valence-corrected chi connectivity index (χ4v) is 1.71. The minimum atomic E-state index is 0.125. The van der Waals surface area contributed by atoms with Crippen molar-refractivity contribution in [3.63, 3.8) is 0 Å². The molecule has 1 radical (unpaired) electrons. The lowest BCUT2D eigenvalue weighted by Crippen LogP contribution is -2.16. The maximum Gasteiger partial charge on any atom is 0.212 e. The van der Waals surface area contributed by atoms with Crippen LogP contribution >= 0.6 is 11.8 Å². The van der Waals surface area contributed by atoms with Gasteiger partial charge in [-0.2, -0.15) is 0 Å². The molecule has 1 aliphatic heterocycles. The Hall–Kier alpha value is -0.0200. The first-order valence-corrected chi connectivity index (χ1v) is 4.18. The summed E-state index contributed by atoms with van der Waals surface area (Å²) in [6.45, 7) is 2.00. The Labute approximate surface area is 59.4 Å². The van der Waals surface area contributed by atoms with E-state index in [2.05, 4.69) is 5.32 Å². The Morgan fingerprint density at radius 1 is 1.56 bits per heavy atom. The molecular formula is C6H10NOS. The van der Waals surface area contributed by atoms with E-state index >= 15 is 0 Å². The lowest BCUT2D eigenvalue weighted by Gasteiger charge is -1.99. The van der Waals surface area contributed by atoms with E-state index in [9.17, 15) is 4.79 Å². The summed E-state index contributed by atoms with van der Waals surface area (Å²) in [7, 11) is 0. The van der Waals surface area contributed by atoms with Gasteiger partial charge in [-0.25, -0.2) is 0 Å². The van der Waals surface area contributed by atoms with Gasteiger partial charge in [-0.15, -0.1) is 11.8 Å². The summed E-state index contributed by atoms with van der Waals surface area (Å²) < 4.78 is 0. The van der Waals surface area contributed by atoms with Gasteiger partial charge in [-0.1, -0.05) is 0 Å². The molecule has 0 aromatic rings. The molecule has 1 rings (SSSR count). The molecule has 1 fully saturated rings. The van der Waals surface area contributed by atoms with E-state index in [-0.39, 0.29) is 5.25 Å². The van der Waals surface area contributed by atoms with Crippen molar-refractivity contribution in [2.45, 2.75) is 11.7 Å². The van der Waals surface area contributed by atoms with E-state index in [1.54, 1.807) is 11.8 Å². The second kappa shape index (κ2) is 3.90. The molecule has 1 aliphatic rings. The zero-order valence-corrected chi connectivity index (χ0v) is 6.04. The highest BCUT2D eigenvalue weighted by Gasteiger charge is 2.10. The van der Waals surface area contributed by atoms with Gasteiger partial charge in [-0.05, 0) is 13.0 Å². The average Bonchev–Trinajstić information content (AvgIpc) is 2.13. The van der Waals surface area contributed by atoms with Gasteiger partial charge < -0.3 is 5.32 Å². The Bertz CT molecular complexity index is 89.1. The van der Waals surface area contributed by atoms with Crippen molar-refractivity contribution >= 4 is 18.0 Å². The molecule has 0 aromatic carbocycles. The fraction of sp³-hybridized carbons (Fsp3) is 0.833. The van der Waals surface area contributed by atoms with Gasteiger partial charge in [0.05, 0.1) is 5.25 Å². The van der Waals surface area contributed by atoms with Crippen molar-refractivity contribution in [2.75, 3.05) is 18.8 Å². The summed E-state index contributed by atoms with van der Waals surface area (Å²) in [4.78, 5) is 10.1. The summed E-state index contributed by atoms with van der Waals surface area (Å²) in [5, 5.41) is 3.34. The minimum Gasteiger partial charge on any atom is -0.316 e. The van der Waals surface area contributed by atoms with Crippen LogP contribution in [0.15, 0.2) is 0 Å². The van der Waals surface area contributed by atoms with Crippen LogP contribution in [0.2, 0.25) is 0 Å². The molecule has 2 nitrogen and oxygen atoms in total. The molecule has 0 amide bonds. The molecular weight excluding hydrogens is 134 g/mol. The quantitative estimate of drug-likeness (QED) is 0.569. The second-order valence-corrected chi connectivity index (χ2v) is 3.33. The third kappa shape index (κ3) is 2.37. The van der Waals surface area contributed by atoms with Crippen molar-refractivity contribution in [1.29, 1.82) is 0 Å². The molecule has 1 saturated heterocycles. The SMILES string of the molecule is O=[C]C1CCNCCS1. The molecule has 0 saturated carbocycles. The van der Waals surface area contributed by atoms with Crippen molar-refractivity contribution in [3.05, 3.63) is 0 Å². The van der Waals surface area contributed by atoms with Crippen molar-refractivity contribution in [1.82, 2.24) is 5.32 Å². The first kappa shape index (κ1) is 7.09. The molecule has 1 unspecified atom stereocenters. The predicted molar refractivity (Wildman–Crippen MR) is 39.4 cm³/mol. The predicted octanol–water partition coefficient (Wildman–Crippen LogP) is 0.191. The zero-order chi connectivity index (χ0) is 6.53. The Balaban J connectivity index is 2.26. The van der Waals surface area contributed by atoms with Crippen LogP contribution in [0, 0.1) is 0 Å². The zero-order valence-electron chi connectivity index (χ0n) is 5.22. The number of carbonyl (C=O) groups excluding carboxylic acids is 1. The van der Waals surface area contributed by atoms with Gasteiger partial charge in [0.2, 0.25) is 6.29 Å². The Morgan fingerprint density at radius 2 is 2.44 bits per heavy atom. The molecule has 0 spiro atoms. The Kier molecular flexibility index (Phi) is 3.08. The van der Waals surface area contributed by atoms with Crippen LogP contribution in [0.1, 0.15) is 6.42 Å². The van der Waals surface area contributed by atoms with Crippen molar-refractivity contribution < 1.29 is 4.79 Å². The van der Waals surface area contributed by atoms with Gasteiger partial charge in [0.1, 0.15) is 0 Å². The van der Waals surface area contributed by atoms with Crippen LogP contribution < -0.4 is 5.32 Å². The maximum atomic E-state index is 10.1. The van der Waals surface area contributed by atoms with Crippen LogP contribution in [-0.4, -0.2) is 30.4 Å². The Morgan fingerprint density at radius 3 is 3.22 bits per heavy atom. The minimum absolute atomic E-state index is 0.125. The monoisotopic (exact) mass is 144 g/mol. The van der Waals surface area contributed by atoms with Gasteiger partial charge in [0, 0.05) is 12.3 Å². The highest BCUT2D eigenvalue weighted by atomic mass is 32.2. The lowest BCUT2D eigenvalue weighted by atomic mass is 10.3. The number of rotatable bonds is 1. The van der Waals surface area contributed by atoms with Crippen LogP contribution in [0.4, 0.5) is 0 Å². The molecule has 1 N–H and O–H groups in total. The first-order valence-electron chi connectivity index (χ1n) is 3.13. The molecule has 3 heteroatoms. The van der Waals surface area contributed by atoms with Gasteiger partial charge in [0.15, 0.2) is 0 Å². The van der Waals surface area contributed by atoms with E-state index in [0.29, 0.717) is 0 Å². The van der Waals surface area contributed by atoms with Crippen molar-refractivity contribution in [2.24, 2.45) is 0 Å². The molecule has 9 heavy (non-hydrogen) atoms. The molecule has 51 valence electrons. The van der Waals surface area contributed by atoms with Crippen molar-refractivity contribution in [3.8, 4) is 0 Å². The second-order valence-electron chi connectivity index (χ2n) is 2.02. The smallest absolute Gasteiger partial charge is 0.212 e. The molecule has 0 bridgehead atoms. The van der Waals surface area contributed by atoms with Crippen LogP contribution in [0.5, 0.6) is 0 Å². The largest absolute Gasteiger partial charge is 0.316 e.